The van der Waals surface area contributed by atoms with Gasteiger partial charge in [-0.3, -0.25) is 4.79 Å². The number of hydrogen-bond donors (Lipinski definition) is 2. The van der Waals surface area contributed by atoms with Crippen molar-refractivity contribution in [3.05, 3.63) is 47.0 Å². The monoisotopic (exact) mass is 364 g/mol. The summed E-state index contributed by atoms with van der Waals surface area (Å²) in [5.41, 5.74) is 1.48. The Morgan fingerprint density at radius 2 is 2.12 bits per heavy atom. The van der Waals surface area contributed by atoms with Crippen LogP contribution in [0.4, 0.5) is 4.39 Å². The van der Waals surface area contributed by atoms with Gasteiger partial charge in [0.25, 0.3) is 0 Å². The summed E-state index contributed by atoms with van der Waals surface area (Å²) in [5, 5.41) is 13.0. The molecular weight excluding hydrogens is 347 g/mol. The maximum atomic E-state index is 13.0. The largest absolute Gasteiger partial charge is 0.395 e. The number of piperazine rings is 1. The van der Waals surface area contributed by atoms with E-state index in [1.54, 1.807) is 17.0 Å². The van der Waals surface area contributed by atoms with Gasteiger partial charge in [-0.05, 0) is 23.8 Å². The average molecular weight is 365 g/mol. The second kappa shape index (κ2) is 7.43. The van der Waals surface area contributed by atoms with Crippen molar-refractivity contribution >= 4 is 17.5 Å². The Labute approximate surface area is 149 Å². The van der Waals surface area contributed by atoms with Crippen LogP contribution in [0.25, 0.3) is 11.4 Å². The van der Waals surface area contributed by atoms with Crippen molar-refractivity contribution in [3.8, 4) is 11.4 Å². The summed E-state index contributed by atoms with van der Waals surface area (Å²) in [5.74, 6) is -0.235. The van der Waals surface area contributed by atoms with Crippen LogP contribution in [-0.4, -0.2) is 51.6 Å². The van der Waals surface area contributed by atoms with Crippen LogP contribution >= 0.6 is 11.6 Å². The zero-order chi connectivity index (χ0) is 18.0. The van der Waals surface area contributed by atoms with Crippen molar-refractivity contribution in [2.24, 2.45) is 0 Å². The van der Waals surface area contributed by atoms with Crippen LogP contribution in [0.5, 0.6) is 0 Å². The number of benzene rings is 1. The maximum Gasteiger partial charge on any atom is 0.220 e. The molecule has 25 heavy (non-hydrogen) atoms. The molecule has 1 fully saturated rings. The van der Waals surface area contributed by atoms with Crippen LogP contribution in [0, 0.1) is 5.82 Å². The molecule has 2 aromatic rings. The van der Waals surface area contributed by atoms with Gasteiger partial charge in [-0.25, -0.2) is 14.4 Å². The van der Waals surface area contributed by atoms with Gasteiger partial charge in [0, 0.05) is 36.6 Å². The fourth-order valence-electron chi connectivity index (χ4n) is 2.98. The van der Waals surface area contributed by atoms with Gasteiger partial charge >= 0.3 is 0 Å². The van der Waals surface area contributed by atoms with Crippen molar-refractivity contribution in [1.82, 2.24) is 20.2 Å². The molecule has 8 heteroatoms. The maximum absolute atomic E-state index is 13.0. The van der Waals surface area contributed by atoms with Gasteiger partial charge in [-0.15, -0.1) is 0 Å². The number of hydrogen-bond acceptors (Lipinski definition) is 5. The number of aliphatic hydroxyl groups excluding tert-OH is 1. The van der Waals surface area contributed by atoms with E-state index in [9.17, 15) is 14.3 Å². The van der Waals surface area contributed by atoms with E-state index < -0.39 is 5.82 Å². The molecule has 1 aliphatic heterocycles. The Bertz CT molecular complexity index is 772. The first-order valence-electron chi connectivity index (χ1n) is 7.88. The highest BCUT2D eigenvalue weighted by atomic mass is 35.5. The standard InChI is InChI=1S/C17H18ClFN4O2/c1-10(25)23-8-15(9-24)20-7-16(23)11-2-12(4-13(18)3-11)17-21-5-14(19)6-22-17/h2-6,15-16,20,24H,7-9H2,1H3/t15-,16+/m1/s1. The van der Waals surface area contributed by atoms with E-state index in [1.165, 1.54) is 6.92 Å². The summed E-state index contributed by atoms with van der Waals surface area (Å²) < 4.78 is 13.0. The smallest absolute Gasteiger partial charge is 0.220 e. The van der Waals surface area contributed by atoms with Gasteiger partial charge in [0.1, 0.15) is 0 Å². The van der Waals surface area contributed by atoms with Crippen LogP contribution in [-0.2, 0) is 4.79 Å². The minimum absolute atomic E-state index is 0.0410. The summed E-state index contributed by atoms with van der Waals surface area (Å²) in [7, 11) is 0. The molecule has 2 N–H and O–H groups in total. The van der Waals surface area contributed by atoms with E-state index in [2.05, 4.69) is 15.3 Å². The molecule has 1 saturated heterocycles. The highest BCUT2D eigenvalue weighted by Crippen LogP contribution is 2.30. The zero-order valence-electron chi connectivity index (χ0n) is 13.6. The number of halogens is 2. The van der Waals surface area contributed by atoms with Crippen LogP contribution < -0.4 is 5.32 Å². The fraction of sp³-hybridized carbons (Fsp3) is 0.353. The lowest BCUT2D eigenvalue weighted by atomic mass is 9.98. The van der Waals surface area contributed by atoms with E-state index >= 15 is 0 Å². The van der Waals surface area contributed by atoms with E-state index in [0.29, 0.717) is 29.5 Å². The first-order valence-corrected chi connectivity index (χ1v) is 8.25. The Kier molecular flexibility index (Phi) is 5.27. The summed E-state index contributed by atoms with van der Waals surface area (Å²) in [6, 6.07) is 4.96. The van der Waals surface area contributed by atoms with Crippen LogP contribution in [0.15, 0.2) is 30.6 Å². The molecule has 3 rings (SSSR count). The number of nitrogens with one attached hydrogen (secondary N) is 1. The number of aliphatic hydroxyl groups is 1. The molecular formula is C17H18ClFN4O2. The molecule has 2 atom stereocenters. The molecule has 1 amide bonds. The number of amides is 1. The molecule has 6 nitrogen and oxygen atoms in total. The minimum atomic E-state index is -0.514. The molecule has 2 heterocycles. The molecule has 0 saturated carbocycles. The second-order valence-corrected chi connectivity index (χ2v) is 6.41. The number of aromatic nitrogens is 2. The lowest BCUT2D eigenvalue weighted by molar-refractivity contribution is -0.133. The van der Waals surface area contributed by atoms with Gasteiger partial charge in [0.15, 0.2) is 11.6 Å². The summed E-state index contributed by atoms with van der Waals surface area (Å²) >= 11 is 6.24. The van der Waals surface area contributed by atoms with Gasteiger partial charge < -0.3 is 15.3 Å². The zero-order valence-corrected chi connectivity index (χ0v) is 14.4. The third-order valence-electron chi connectivity index (χ3n) is 4.20. The Morgan fingerprint density at radius 1 is 1.40 bits per heavy atom. The van der Waals surface area contributed by atoms with Crippen molar-refractivity contribution in [2.75, 3.05) is 19.7 Å². The summed E-state index contributed by atoms with van der Waals surface area (Å²) in [4.78, 5) is 21.7. The molecule has 132 valence electrons. The third kappa shape index (κ3) is 3.95. The van der Waals surface area contributed by atoms with Crippen molar-refractivity contribution < 1.29 is 14.3 Å². The first-order chi connectivity index (χ1) is 12.0. The number of rotatable bonds is 3. The van der Waals surface area contributed by atoms with Crippen LogP contribution in [0.1, 0.15) is 18.5 Å². The van der Waals surface area contributed by atoms with E-state index in [4.69, 9.17) is 11.6 Å². The highest BCUT2D eigenvalue weighted by Gasteiger charge is 2.30. The lowest BCUT2D eigenvalue weighted by Crippen LogP contribution is -2.55. The summed E-state index contributed by atoms with van der Waals surface area (Å²) in [6.07, 6.45) is 2.19. The second-order valence-electron chi connectivity index (χ2n) is 5.97. The summed E-state index contributed by atoms with van der Waals surface area (Å²) in [6.45, 7) is 2.36. The number of carbonyl (C=O) groups is 1. The minimum Gasteiger partial charge on any atom is -0.395 e. The molecule has 0 radical (unpaired) electrons. The Balaban J connectivity index is 1.96. The molecule has 1 aromatic carbocycles. The van der Waals surface area contributed by atoms with Crippen molar-refractivity contribution in [2.45, 2.75) is 19.0 Å². The van der Waals surface area contributed by atoms with E-state index in [-0.39, 0.29) is 24.6 Å². The van der Waals surface area contributed by atoms with Crippen molar-refractivity contribution in [1.29, 1.82) is 0 Å². The average Bonchev–Trinajstić information content (AvgIpc) is 2.61. The van der Waals surface area contributed by atoms with Crippen LogP contribution in [0.3, 0.4) is 0 Å². The van der Waals surface area contributed by atoms with E-state index in [0.717, 1.165) is 18.0 Å². The van der Waals surface area contributed by atoms with Crippen molar-refractivity contribution in [3.63, 3.8) is 0 Å². The van der Waals surface area contributed by atoms with E-state index in [1.807, 2.05) is 6.07 Å². The highest BCUT2D eigenvalue weighted by molar-refractivity contribution is 6.30. The van der Waals surface area contributed by atoms with Gasteiger partial charge in [-0.2, -0.15) is 0 Å². The van der Waals surface area contributed by atoms with Gasteiger partial charge in [-0.1, -0.05) is 11.6 Å². The lowest BCUT2D eigenvalue weighted by Gasteiger charge is -2.39. The quantitative estimate of drug-likeness (QED) is 0.868. The Hall–Kier alpha value is -2.09. The van der Waals surface area contributed by atoms with Gasteiger partial charge in [0.2, 0.25) is 5.91 Å². The predicted octanol–water partition coefficient (Wildman–Crippen LogP) is 1.79. The number of carbonyl (C=O) groups excluding carboxylic acids is 1. The predicted molar refractivity (Wildman–Crippen MR) is 91.4 cm³/mol. The molecule has 1 aliphatic rings. The molecule has 1 aromatic heterocycles. The number of nitrogens with zero attached hydrogens (tertiary/aromatic N) is 3. The molecule has 0 aliphatic carbocycles. The first kappa shape index (κ1) is 17.7. The molecule has 0 unspecified atom stereocenters. The topological polar surface area (TPSA) is 78.4 Å². The SMILES string of the molecule is CC(=O)N1C[C@H](CO)NC[C@H]1c1cc(Cl)cc(-c2ncc(F)cn2)c1. The van der Waals surface area contributed by atoms with Gasteiger partial charge in [0.05, 0.1) is 25.0 Å². The molecule has 0 bridgehead atoms. The fourth-order valence-corrected chi connectivity index (χ4v) is 3.22. The van der Waals surface area contributed by atoms with Crippen LogP contribution in [0.2, 0.25) is 5.02 Å². The third-order valence-corrected chi connectivity index (χ3v) is 4.42. The molecule has 0 spiro atoms. The Morgan fingerprint density at radius 3 is 2.76 bits per heavy atom. The normalized spacial score (nSPS) is 20.6.